The van der Waals surface area contributed by atoms with Crippen LogP contribution in [0.5, 0.6) is 0 Å². The van der Waals surface area contributed by atoms with Crippen LogP contribution in [0.1, 0.15) is 99.3 Å². The summed E-state index contributed by atoms with van der Waals surface area (Å²) < 4.78 is 15.3. The Morgan fingerprint density at radius 1 is 1.16 bits per heavy atom. The second kappa shape index (κ2) is 15.2. The van der Waals surface area contributed by atoms with Crippen molar-refractivity contribution >= 4 is 14.4 Å². The van der Waals surface area contributed by atoms with Gasteiger partial charge in [0.05, 0.1) is 12.1 Å². The maximum absolute atomic E-state index is 12.9. The summed E-state index contributed by atoms with van der Waals surface area (Å²) in [5.41, 5.74) is -0.363. The van der Waals surface area contributed by atoms with Gasteiger partial charge in [0.15, 0.2) is 0 Å². The van der Waals surface area contributed by atoms with Gasteiger partial charge >= 0.3 is 0 Å². The first-order valence-corrected chi connectivity index (χ1v) is 13.4. The maximum Gasteiger partial charge on any atom is 0.260 e. The number of amides is 1. The molecule has 0 saturated carbocycles. The molecule has 0 spiro atoms. The van der Waals surface area contributed by atoms with E-state index in [9.17, 15) is 4.79 Å². The summed E-state index contributed by atoms with van der Waals surface area (Å²) in [6.45, 7) is 22.3. The SMILES string of the molecule is [C-]#[N+]CCOP(OC1(CCC)CCCN(C(=O)CCCCCC)C1)N(C(C)C)C(C)C. The molecule has 0 aromatic rings. The molecule has 6 nitrogen and oxygen atoms in total. The molecule has 2 unspecified atom stereocenters. The molecular formula is C24H46N3O3P. The zero-order valence-electron chi connectivity index (χ0n) is 20.9. The lowest BCUT2D eigenvalue weighted by Gasteiger charge is -2.46. The second-order valence-corrected chi connectivity index (χ2v) is 10.7. The van der Waals surface area contributed by atoms with Gasteiger partial charge in [0, 0.05) is 25.0 Å². The Morgan fingerprint density at radius 3 is 2.45 bits per heavy atom. The molecule has 0 N–H and O–H groups in total. The molecule has 2 atom stereocenters. The van der Waals surface area contributed by atoms with Crippen molar-refractivity contribution in [2.24, 2.45) is 0 Å². The van der Waals surface area contributed by atoms with Gasteiger partial charge in [0.2, 0.25) is 12.5 Å². The molecule has 31 heavy (non-hydrogen) atoms. The Labute approximate surface area is 192 Å². The molecule has 1 amide bonds. The van der Waals surface area contributed by atoms with E-state index in [1.165, 1.54) is 12.8 Å². The summed E-state index contributed by atoms with van der Waals surface area (Å²) in [4.78, 5) is 18.4. The molecule has 0 aromatic carbocycles. The van der Waals surface area contributed by atoms with E-state index < -0.39 is 8.53 Å². The van der Waals surface area contributed by atoms with Crippen molar-refractivity contribution in [3.63, 3.8) is 0 Å². The molecule has 1 heterocycles. The summed E-state index contributed by atoms with van der Waals surface area (Å²) >= 11 is 0. The maximum atomic E-state index is 12.9. The van der Waals surface area contributed by atoms with Crippen molar-refractivity contribution in [2.45, 2.75) is 117 Å². The van der Waals surface area contributed by atoms with E-state index >= 15 is 0 Å². The van der Waals surface area contributed by atoms with E-state index in [0.29, 0.717) is 26.1 Å². The van der Waals surface area contributed by atoms with Crippen molar-refractivity contribution in [3.05, 3.63) is 11.4 Å². The minimum atomic E-state index is -1.30. The quantitative estimate of drug-likeness (QED) is 0.162. The number of nitrogens with zero attached hydrogens (tertiary/aromatic N) is 3. The van der Waals surface area contributed by atoms with Crippen LogP contribution in [0.15, 0.2) is 0 Å². The topological polar surface area (TPSA) is 46.4 Å². The van der Waals surface area contributed by atoms with Crippen LogP contribution in [-0.4, -0.2) is 59.4 Å². The normalized spacial score (nSPS) is 20.5. The number of piperidine rings is 1. The molecule has 1 aliphatic heterocycles. The highest BCUT2D eigenvalue weighted by Gasteiger charge is 2.42. The third-order valence-electron chi connectivity index (χ3n) is 5.77. The largest absolute Gasteiger partial charge is 0.340 e. The number of likely N-dealkylation sites (tertiary alicyclic amines) is 1. The molecule has 0 bridgehead atoms. The van der Waals surface area contributed by atoms with Crippen LogP contribution in [0.4, 0.5) is 0 Å². The third-order valence-corrected chi connectivity index (χ3v) is 8.01. The van der Waals surface area contributed by atoms with Gasteiger partial charge in [-0.2, -0.15) is 0 Å². The van der Waals surface area contributed by atoms with Gasteiger partial charge in [0.1, 0.15) is 6.61 Å². The summed E-state index contributed by atoms with van der Waals surface area (Å²) in [6.07, 6.45) is 8.98. The van der Waals surface area contributed by atoms with Crippen molar-refractivity contribution in [1.82, 2.24) is 9.57 Å². The molecule has 7 heteroatoms. The predicted molar refractivity (Wildman–Crippen MR) is 130 cm³/mol. The monoisotopic (exact) mass is 455 g/mol. The fourth-order valence-corrected chi connectivity index (χ4v) is 6.24. The molecular weight excluding hydrogens is 409 g/mol. The van der Waals surface area contributed by atoms with Gasteiger partial charge in [-0.25, -0.2) is 11.2 Å². The minimum absolute atomic E-state index is 0.266. The Balaban J connectivity index is 2.96. The van der Waals surface area contributed by atoms with E-state index in [2.05, 4.69) is 51.1 Å². The average molecular weight is 456 g/mol. The van der Waals surface area contributed by atoms with E-state index in [-0.39, 0.29) is 23.6 Å². The molecule has 1 saturated heterocycles. The lowest BCUT2D eigenvalue weighted by Crippen LogP contribution is -2.52. The van der Waals surface area contributed by atoms with Crippen molar-refractivity contribution in [3.8, 4) is 0 Å². The molecule has 180 valence electrons. The molecule has 1 aliphatic rings. The number of carbonyl (C=O) groups excluding carboxylic acids is 1. The van der Waals surface area contributed by atoms with Crippen LogP contribution in [0.3, 0.4) is 0 Å². The first kappa shape index (κ1) is 28.3. The Bertz CT molecular complexity index is 541. The number of rotatable bonds is 15. The molecule has 0 radical (unpaired) electrons. The fourth-order valence-electron chi connectivity index (χ4n) is 4.40. The number of hydrogen-bond acceptors (Lipinski definition) is 4. The summed E-state index contributed by atoms with van der Waals surface area (Å²) in [5, 5.41) is 0. The van der Waals surface area contributed by atoms with Crippen LogP contribution in [0.2, 0.25) is 0 Å². The van der Waals surface area contributed by atoms with Crippen LogP contribution in [0.25, 0.3) is 4.85 Å². The number of carbonyl (C=O) groups is 1. The van der Waals surface area contributed by atoms with Gasteiger partial charge in [-0.15, -0.1) is 0 Å². The van der Waals surface area contributed by atoms with Crippen LogP contribution in [0, 0.1) is 6.57 Å². The summed E-state index contributed by atoms with van der Waals surface area (Å²) in [6, 6.07) is 0.551. The van der Waals surface area contributed by atoms with Crippen LogP contribution < -0.4 is 0 Å². The van der Waals surface area contributed by atoms with Gasteiger partial charge in [0.25, 0.3) is 8.53 Å². The van der Waals surface area contributed by atoms with Crippen LogP contribution in [-0.2, 0) is 13.8 Å². The Morgan fingerprint density at radius 2 is 1.87 bits per heavy atom. The van der Waals surface area contributed by atoms with E-state index in [4.69, 9.17) is 15.6 Å². The zero-order chi connectivity index (χ0) is 23.3. The van der Waals surface area contributed by atoms with Gasteiger partial charge in [-0.1, -0.05) is 39.5 Å². The highest BCUT2D eigenvalue weighted by molar-refractivity contribution is 7.44. The third kappa shape index (κ3) is 9.74. The summed E-state index contributed by atoms with van der Waals surface area (Å²) in [7, 11) is -1.30. The lowest BCUT2D eigenvalue weighted by atomic mass is 9.88. The predicted octanol–water partition coefficient (Wildman–Crippen LogP) is 6.42. The zero-order valence-corrected chi connectivity index (χ0v) is 21.8. The van der Waals surface area contributed by atoms with Gasteiger partial charge in [-0.3, -0.25) is 4.79 Å². The highest BCUT2D eigenvalue weighted by atomic mass is 31.2. The van der Waals surface area contributed by atoms with Gasteiger partial charge in [-0.05, 0) is 53.4 Å². The lowest BCUT2D eigenvalue weighted by molar-refractivity contribution is -0.137. The molecule has 0 aliphatic carbocycles. The Hall–Kier alpha value is -0.730. The van der Waals surface area contributed by atoms with E-state index in [1.54, 1.807) is 0 Å². The Kier molecular flexibility index (Phi) is 13.8. The molecule has 1 rings (SSSR count). The average Bonchev–Trinajstić information content (AvgIpc) is 2.71. The minimum Gasteiger partial charge on any atom is -0.340 e. The highest BCUT2D eigenvalue weighted by Crippen LogP contribution is 2.51. The van der Waals surface area contributed by atoms with E-state index in [1.807, 2.05) is 4.90 Å². The van der Waals surface area contributed by atoms with Crippen molar-refractivity contribution in [2.75, 3.05) is 26.2 Å². The molecule has 0 aromatic heterocycles. The molecule has 1 fully saturated rings. The number of unbranched alkanes of at least 4 members (excludes halogenated alkanes) is 3. The summed E-state index contributed by atoms with van der Waals surface area (Å²) in [5.74, 6) is 0.266. The second-order valence-electron chi connectivity index (χ2n) is 9.27. The van der Waals surface area contributed by atoms with Crippen molar-refractivity contribution < 1.29 is 13.8 Å². The number of hydrogen-bond donors (Lipinski definition) is 0. The van der Waals surface area contributed by atoms with Crippen LogP contribution >= 0.6 is 8.53 Å². The smallest absolute Gasteiger partial charge is 0.260 e. The standard InChI is InChI=1S/C24H46N3O3P/c1-8-10-11-12-14-23(28)26-18-13-16-24(20-26,15-9-2)30-31(29-19-17-25-7)27(21(3)4)22(5)6/h21-22H,8-20H2,1-6H3. The fraction of sp³-hybridized carbons (Fsp3) is 0.917. The van der Waals surface area contributed by atoms with Crippen molar-refractivity contribution in [1.29, 1.82) is 0 Å². The first-order chi connectivity index (χ1) is 14.8. The van der Waals surface area contributed by atoms with Gasteiger partial charge < -0.3 is 18.8 Å². The van der Waals surface area contributed by atoms with E-state index in [0.717, 1.165) is 45.1 Å². The first-order valence-electron chi connectivity index (χ1n) is 12.3.